The van der Waals surface area contributed by atoms with Crippen LogP contribution >= 0.6 is 0 Å². The average Bonchev–Trinajstić information content (AvgIpc) is 2.75. The number of hydrogen-bond donors (Lipinski definition) is 3. The van der Waals surface area contributed by atoms with Crippen molar-refractivity contribution in [2.24, 2.45) is 5.92 Å². The molecule has 0 fully saturated rings. The molecule has 0 aliphatic carbocycles. The smallest absolute Gasteiger partial charge is 0.251 e. The summed E-state index contributed by atoms with van der Waals surface area (Å²) in [6.45, 7) is 3.56. The van der Waals surface area contributed by atoms with E-state index in [9.17, 15) is 9.59 Å². The Morgan fingerprint density at radius 3 is 2.95 bits per heavy atom. The van der Waals surface area contributed by atoms with E-state index in [0.29, 0.717) is 24.4 Å². The van der Waals surface area contributed by atoms with Gasteiger partial charge < -0.3 is 16.0 Å². The summed E-state index contributed by atoms with van der Waals surface area (Å²) in [5.74, 6) is 0.255. The fourth-order valence-corrected chi connectivity index (χ4v) is 2.15. The van der Waals surface area contributed by atoms with Crippen LogP contribution in [0, 0.1) is 5.92 Å². The summed E-state index contributed by atoms with van der Waals surface area (Å²) in [7, 11) is 1.89. The van der Waals surface area contributed by atoms with Crippen LogP contribution in [0.1, 0.15) is 22.8 Å². The van der Waals surface area contributed by atoms with Gasteiger partial charge in [0.05, 0.1) is 6.42 Å². The van der Waals surface area contributed by atoms with Crippen LogP contribution in [0.2, 0.25) is 0 Å². The summed E-state index contributed by atoms with van der Waals surface area (Å²) in [6.07, 6.45) is 0.399. The van der Waals surface area contributed by atoms with Gasteiger partial charge in [0.15, 0.2) is 0 Å². The first kappa shape index (κ1) is 13.5. The van der Waals surface area contributed by atoms with Crippen LogP contribution < -0.4 is 16.0 Å². The van der Waals surface area contributed by atoms with Gasteiger partial charge >= 0.3 is 0 Å². The highest BCUT2D eigenvalue weighted by molar-refractivity contribution is 6.02. The number of carbonyl (C=O) groups is 2. The number of fused-ring (bicyclic) bond motifs is 1. The van der Waals surface area contributed by atoms with Gasteiger partial charge in [-0.2, -0.15) is 0 Å². The molecule has 102 valence electrons. The van der Waals surface area contributed by atoms with Crippen LogP contribution in [0.15, 0.2) is 18.2 Å². The van der Waals surface area contributed by atoms with Crippen LogP contribution in [-0.4, -0.2) is 32.0 Å². The number of amides is 2. The molecule has 0 spiro atoms. The molecule has 19 heavy (non-hydrogen) atoms. The van der Waals surface area contributed by atoms with Crippen molar-refractivity contribution in [3.63, 3.8) is 0 Å². The van der Waals surface area contributed by atoms with Gasteiger partial charge in [0, 0.05) is 17.8 Å². The standard InChI is InChI=1S/C14H19N3O2/c1-9(7-15-2)8-16-14(19)11-4-3-10-6-13(18)17-12(10)5-11/h3-5,9,15H,6-8H2,1-2H3,(H,16,19)(H,17,18). The number of rotatable bonds is 5. The molecule has 0 bridgehead atoms. The van der Waals surface area contributed by atoms with Crippen molar-refractivity contribution in [2.75, 3.05) is 25.5 Å². The van der Waals surface area contributed by atoms with Gasteiger partial charge in [-0.25, -0.2) is 0 Å². The molecule has 1 aromatic carbocycles. The third-order valence-electron chi connectivity index (χ3n) is 3.16. The topological polar surface area (TPSA) is 70.2 Å². The van der Waals surface area contributed by atoms with E-state index in [1.54, 1.807) is 12.1 Å². The molecule has 2 rings (SSSR count). The zero-order valence-electron chi connectivity index (χ0n) is 11.2. The molecular formula is C14H19N3O2. The Balaban J connectivity index is 1.97. The molecule has 3 N–H and O–H groups in total. The largest absolute Gasteiger partial charge is 0.352 e. The fraction of sp³-hybridized carbons (Fsp3) is 0.429. The van der Waals surface area contributed by atoms with Crippen LogP contribution in [0.3, 0.4) is 0 Å². The Labute approximate surface area is 112 Å². The lowest BCUT2D eigenvalue weighted by Gasteiger charge is -2.12. The normalized spacial score (nSPS) is 14.7. The summed E-state index contributed by atoms with van der Waals surface area (Å²) in [5.41, 5.74) is 2.28. The molecule has 0 aromatic heterocycles. The molecule has 0 saturated carbocycles. The SMILES string of the molecule is CNCC(C)CNC(=O)c1ccc2c(c1)NC(=O)C2. The highest BCUT2D eigenvalue weighted by Crippen LogP contribution is 2.23. The highest BCUT2D eigenvalue weighted by Gasteiger charge is 2.19. The first-order valence-corrected chi connectivity index (χ1v) is 6.45. The Hall–Kier alpha value is -1.88. The number of hydrogen-bond acceptors (Lipinski definition) is 3. The minimum absolute atomic E-state index is 0.0183. The van der Waals surface area contributed by atoms with E-state index < -0.39 is 0 Å². The van der Waals surface area contributed by atoms with Crippen LogP contribution in [0.25, 0.3) is 0 Å². The van der Waals surface area contributed by atoms with Crippen molar-refractivity contribution < 1.29 is 9.59 Å². The number of nitrogens with one attached hydrogen (secondary N) is 3. The molecule has 5 nitrogen and oxygen atoms in total. The van der Waals surface area contributed by atoms with Crippen LogP contribution in [0.4, 0.5) is 5.69 Å². The molecule has 5 heteroatoms. The minimum Gasteiger partial charge on any atom is -0.352 e. The fourth-order valence-electron chi connectivity index (χ4n) is 2.15. The van der Waals surface area contributed by atoms with Crippen LogP contribution in [0.5, 0.6) is 0 Å². The van der Waals surface area contributed by atoms with Crippen molar-refractivity contribution >= 4 is 17.5 Å². The summed E-state index contributed by atoms with van der Waals surface area (Å²) in [6, 6.07) is 5.33. The molecule has 1 atom stereocenters. The second-order valence-corrected chi connectivity index (χ2v) is 4.97. The van der Waals surface area contributed by atoms with Crippen molar-refractivity contribution in [3.05, 3.63) is 29.3 Å². The molecule has 1 aliphatic heterocycles. The van der Waals surface area contributed by atoms with Crippen molar-refractivity contribution in [1.82, 2.24) is 10.6 Å². The first-order chi connectivity index (χ1) is 9.10. The lowest BCUT2D eigenvalue weighted by molar-refractivity contribution is -0.115. The van der Waals surface area contributed by atoms with Gasteiger partial charge in [0.1, 0.15) is 0 Å². The monoisotopic (exact) mass is 261 g/mol. The van der Waals surface area contributed by atoms with E-state index in [1.807, 2.05) is 13.1 Å². The van der Waals surface area contributed by atoms with Gasteiger partial charge in [0.2, 0.25) is 5.91 Å². The summed E-state index contributed by atoms with van der Waals surface area (Å²) >= 11 is 0. The maximum Gasteiger partial charge on any atom is 0.251 e. The maximum absolute atomic E-state index is 12.0. The predicted octanol–water partition coefficient (Wildman–Crippen LogP) is 0.766. The third kappa shape index (κ3) is 3.32. The lowest BCUT2D eigenvalue weighted by Crippen LogP contribution is -2.32. The van der Waals surface area contributed by atoms with Gasteiger partial charge in [-0.15, -0.1) is 0 Å². The molecule has 1 aliphatic rings. The Morgan fingerprint density at radius 2 is 2.21 bits per heavy atom. The Bertz CT molecular complexity index is 499. The molecule has 0 radical (unpaired) electrons. The highest BCUT2D eigenvalue weighted by atomic mass is 16.2. The van der Waals surface area contributed by atoms with E-state index in [1.165, 1.54) is 0 Å². The molecule has 0 saturated heterocycles. The second-order valence-electron chi connectivity index (χ2n) is 4.97. The molecular weight excluding hydrogens is 242 g/mol. The first-order valence-electron chi connectivity index (χ1n) is 6.45. The van der Waals surface area contributed by atoms with E-state index in [-0.39, 0.29) is 11.8 Å². The zero-order chi connectivity index (χ0) is 13.8. The molecule has 2 amide bonds. The number of anilines is 1. The van der Waals surface area contributed by atoms with E-state index in [2.05, 4.69) is 22.9 Å². The van der Waals surface area contributed by atoms with Gasteiger partial charge in [0.25, 0.3) is 5.91 Å². The van der Waals surface area contributed by atoms with Crippen molar-refractivity contribution in [3.8, 4) is 0 Å². The van der Waals surface area contributed by atoms with Crippen LogP contribution in [-0.2, 0) is 11.2 Å². The van der Waals surface area contributed by atoms with Gasteiger partial charge in [-0.05, 0) is 37.2 Å². The Morgan fingerprint density at radius 1 is 1.42 bits per heavy atom. The summed E-state index contributed by atoms with van der Waals surface area (Å²) in [5, 5.41) is 8.71. The molecule has 1 aromatic rings. The molecule has 1 heterocycles. The Kier molecular flexibility index (Phi) is 4.16. The third-order valence-corrected chi connectivity index (χ3v) is 3.16. The maximum atomic E-state index is 12.0. The van der Waals surface area contributed by atoms with Gasteiger partial charge in [-0.1, -0.05) is 13.0 Å². The molecule has 1 unspecified atom stereocenters. The average molecular weight is 261 g/mol. The quantitative estimate of drug-likeness (QED) is 0.733. The van der Waals surface area contributed by atoms with Crippen molar-refractivity contribution in [2.45, 2.75) is 13.3 Å². The minimum atomic E-state index is -0.105. The summed E-state index contributed by atoms with van der Waals surface area (Å²) < 4.78 is 0. The van der Waals surface area contributed by atoms with E-state index in [0.717, 1.165) is 17.8 Å². The van der Waals surface area contributed by atoms with Crippen molar-refractivity contribution in [1.29, 1.82) is 0 Å². The predicted molar refractivity (Wildman–Crippen MR) is 74.2 cm³/mol. The second kappa shape index (κ2) is 5.84. The number of benzene rings is 1. The number of carbonyl (C=O) groups excluding carboxylic acids is 2. The van der Waals surface area contributed by atoms with E-state index >= 15 is 0 Å². The van der Waals surface area contributed by atoms with E-state index in [4.69, 9.17) is 0 Å². The van der Waals surface area contributed by atoms with Gasteiger partial charge in [-0.3, -0.25) is 9.59 Å². The zero-order valence-corrected chi connectivity index (χ0v) is 11.2. The summed E-state index contributed by atoms with van der Waals surface area (Å²) in [4.78, 5) is 23.2. The lowest BCUT2D eigenvalue weighted by atomic mass is 10.1.